The summed E-state index contributed by atoms with van der Waals surface area (Å²) in [4.78, 5) is 10.1. The van der Waals surface area contributed by atoms with Gasteiger partial charge in [-0.25, -0.2) is 0 Å². The molecule has 0 aliphatic heterocycles. The van der Waals surface area contributed by atoms with E-state index in [1.165, 1.54) is 11.8 Å². The van der Waals surface area contributed by atoms with Crippen molar-refractivity contribution in [2.75, 3.05) is 11.5 Å². The molecule has 1 atom stereocenters. The first-order valence-electron chi connectivity index (χ1n) is 3.50. The first-order valence-corrected chi connectivity index (χ1v) is 4.65. The van der Waals surface area contributed by atoms with Gasteiger partial charge < -0.3 is 10.2 Å². The van der Waals surface area contributed by atoms with Gasteiger partial charge in [0, 0.05) is 5.75 Å². The topological polar surface area (TPSA) is 57.5 Å². The molecule has 66 valence electrons. The number of carbonyl (C=O) groups is 1. The minimum atomic E-state index is -0.832. The van der Waals surface area contributed by atoms with Gasteiger partial charge in [-0.05, 0) is 13.3 Å². The summed E-state index contributed by atoms with van der Waals surface area (Å²) in [5.41, 5.74) is -0.722. The summed E-state index contributed by atoms with van der Waals surface area (Å²) in [6.45, 7) is 3.59. The van der Waals surface area contributed by atoms with E-state index in [9.17, 15) is 9.90 Å². The highest BCUT2D eigenvalue weighted by Crippen LogP contribution is 2.15. The van der Waals surface area contributed by atoms with Gasteiger partial charge in [0.25, 0.3) is 0 Å². The molecule has 1 unspecified atom stereocenters. The van der Waals surface area contributed by atoms with E-state index >= 15 is 0 Å². The minimum Gasteiger partial charge on any atom is -0.481 e. The fraction of sp³-hybridized carbons (Fsp3) is 0.857. The number of thioether (sulfide) groups is 1. The molecule has 0 heterocycles. The van der Waals surface area contributed by atoms with Gasteiger partial charge in [0.2, 0.25) is 0 Å². The van der Waals surface area contributed by atoms with Crippen LogP contribution >= 0.6 is 11.8 Å². The minimum absolute atomic E-state index is 0.0656. The summed E-state index contributed by atoms with van der Waals surface area (Å²) < 4.78 is 0. The van der Waals surface area contributed by atoms with E-state index in [1.807, 2.05) is 6.92 Å². The standard InChI is InChI=1S/C7H14O3S/c1-3-7(2,10)5-11-4-6(8)9/h10H,3-5H2,1-2H3,(H,8,9). The number of aliphatic hydroxyl groups is 1. The molecular formula is C7H14O3S. The van der Waals surface area contributed by atoms with E-state index in [2.05, 4.69) is 0 Å². The molecule has 0 saturated heterocycles. The van der Waals surface area contributed by atoms with Crippen LogP contribution in [0.1, 0.15) is 20.3 Å². The fourth-order valence-corrected chi connectivity index (χ4v) is 1.38. The molecule has 0 aliphatic carbocycles. The summed E-state index contributed by atoms with van der Waals surface area (Å²) in [7, 11) is 0. The number of rotatable bonds is 5. The third-order valence-corrected chi connectivity index (χ3v) is 2.68. The van der Waals surface area contributed by atoms with Crippen LogP contribution in [0.2, 0.25) is 0 Å². The molecule has 2 N–H and O–H groups in total. The molecule has 0 spiro atoms. The van der Waals surface area contributed by atoms with Gasteiger partial charge in [-0.1, -0.05) is 6.92 Å². The molecule has 0 aliphatic rings. The molecule has 3 nitrogen and oxygen atoms in total. The quantitative estimate of drug-likeness (QED) is 0.658. The predicted molar refractivity (Wildman–Crippen MR) is 45.9 cm³/mol. The van der Waals surface area contributed by atoms with E-state index < -0.39 is 11.6 Å². The molecular weight excluding hydrogens is 164 g/mol. The van der Waals surface area contributed by atoms with E-state index in [1.54, 1.807) is 6.92 Å². The molecule has 0 fully saturated rings. The molecule has 0 aromatic carbocycles. The molecule has 0 amide bonds. The molecule has 0 saturated carbocycles. The smallest absolute Gasteiger partial charge is 0.313 e. The van der Waals surface area contributed by atoms with Crippen LogP contribution in [-0.2, 0) is 4.79 Å². The second-order valence-corrected chi connectivity index (χ2v) is 3.72. The Bertz CT molecular complexity index is 134. The zero-order valence-electron chi connectivity index (χ0n) is 6.83. The van der Waals surface area contributed by atoms with Crippen LogP contribution in [0.25, 0.3) is 0 Å². The van der Waals surface area contributed by atoms with E-state index in [0.29, 0.717) is 12.2 Å². The zero-order valence-corrected chi connectivity index (χ0v) is 7.65. The van der Waals surface area contributed by atoms with Crippen molar-refractivity contribution in [3.05, 3.63) is 0 Å². The van der Waals surface area contributed by atoms with Crippen molar-refractivity contribution >= 4 is 17.7 Å². The molecule has 0 aromatic rings. The maximum Gasteiger partial charge on any atom is 0.313 e. The molecule has 4 heteroatoms. The fourth-order valence-electron chi connectivity index (χ4n) is 0.460. The Hall–Kier alpha value is -0.220. The highest BCUT2D eigenvalue weighted by atomic mass is 32.2. The van der Waals surface area contributed by atoms with Crippen molar-refractivity contribution in [3.8, 4) is 0 Å². The largest absolute Gasteiger partial charge is 0.481 e. The summed E-state index contributed by atoms with van der Waals surface area (Å²) in [5.74, 6) is -0.284. The lowest BCUT2D eigenvalue weighted by Crippen LogP contribution is -2.26. The molecule has 0 bridgehead atoms. The number of carboxylic acid groups (broad SMARTS) is 1. The SMILES string of the molecule is CCC(C)(O)CSCC(=O)O. The van der Waals surface area contributed by atoms with Crippen molar-refractivity contribution in [2.24, 2.45) is 0 Å². The Morgan fingerprint density at radius 1 is 1.64 bits per heavy atom. The lowest BCUT2D eigenvalue weighted by molar-refractivity contribution is -0.133. The number of hydrogen-bond acceptors (Lipinski definition) is 3. The molecule has 11 heavy (non-hydrogen) atoms. The molecule has 0 radical (unpaired) electrons. The Balaban J connectivity index is 3.45. The van der Waals surface area contributed by atoms with Gasteiger partial charge in [-0.3, -0.25) is 4.79 Å². The van der Waals surface area contributed by atoms with Crippen molar-refractivity contribution < 1.29 is 15.0 Å². The van der Waals surface area contributed by atoms with E-state index in [-0.39, 0.29) is 5.75 Å². The van der Waals surface area contributed by atoms with Gasteiger partial charge >= 0.3 is 5.97 Å². The normalized spacial score (nSPS) is 15.9. The van der Waals surface area contributed by atoms with Gasteiger partial charge in [0.15, 0.2) is 0 Å². The number of aliphatic carboxylic acids is 1. The summed E-state index contributed by atoms with van der Waals surface area (Å²) in [6.07, 6.45) is 0.652. The molecule has 0 aromatic heterocycles. The lowest BCUT2D eigenvalue weighted by atomic mass is 10.1. The predicted octanol–water partition coefficient (Wildman–Crippen LogP) is 0.965. The first kappa shape index (κ1) is 10.8. The van der Waals surface area contributed by atoms with Crippen molar-refractivity contribution in [1.29, 1.82) is 0 Å². The van der Waals surface area contributed by atoms with Crippen LogP contribution in [0.4, 0.5) is 0 Å². The van der Waals surface area contributed by atoms with Gasteiger partial charge in [0.05, 0.1) is 11.4 Å². The third-order valence-electron chi connectivity index (χ3n) is 1.40. The second-order valence-electron chi connectivity index (χ2n) is 2.74. The van der Waals surface area contributed by atoms with Crippen LogP contribution in [0.3, 0.4) is 0 Å². The Labute approximate surface area is 70.8 Å². The Morgan fingerprint density at radius 2 is 2.18 bits per heavy atom. The van der Waals surface area contributed by atoms with E-state index in [4.69, 9.17) is 5.11 Å². The third kappa shape index (κ3) is 6.19. The average Bonchev–Trinajstić information content (AvgIpc) is 1.87. The average molecular weight is 178 g/mol. The van der Waals surface area contributed by atoms with Crippen LogP contribution in [0.15, 0.2) is 0 Å². The lowest BCUT2D eigenvalue weighted by Gasteiger charge is -2.19. The number of hydrogen-bond donors (Lipinski definition) is 2. The van der Waals surface area contributed by atoms with Crippen LogP contribution in [0.5, 0.6) is 0 Å². The van der Waals surface area contributed by atoms with Crippen molar-refractivity contribution in [2.45, 2.75) is 25.9 Å². The van der Waals surface area contributed by atoms with Gasteiger partial charge in [-0.2, -0.15) is 0 Å². The second kappa shape index (κ2) is 4.62. The Kier molecular flexibility index (Phi) is 4.52. The van der Waals surface area contributed by atoms with Crippen molar-refractivity contribution in [3.63, 3.8) is 0 Å². The highest BCUT2D eigenvalue weighted by molar-refractivity contribution is 8.00. The monoisotopic (exact) mass is 178 g/mol. The van der Waals surface area contributed by atoms with Crippen LogP contribution < -0.4 is 0 Å². The van der Waals surface area contributed by atoms with Crippen molar-refractivity contribution in [1.82, 2.24) is 0 Å². The van der Waals surface area contributed by atoms with Crippen LogP contribution in [-0.4, -0.2) is 33.3 Å². The Morgan fingerprint density at radius 3 is 2.55 bits per heavy atom. The molecule has 0 rings (SSSR count). The maximum atomic E-state index is 10.1. The van der Waals surface area contributed by atoms with Gasteiger partial charge in [0.1, 0.15) is 0 Å². The maximum absolute atomic E-state index is 10.1. The summed E-state index contributed by atoms with van der Waals surface area (Å²) in [6, 6.07) is 0. The zero-order chi connectivity index (χ0) is 8.91. The summed E-state index contributed by atoms with van der Waals surface area (Å²) in [5, 5.41) is 17.7. The van der Waals surface area contributed by atoms with Gasteiger partial charge in [-0.15, -0.1) is 11.8 Å². The summed E-state index contributed by atoms with van der Waals surface area (Å²) >= 11 is 1.24. The first-order chi connectivity index (χ1) is 4.98. The van der Waals surface area contributed by atoms with Crippen LogP contribution in [0, 0.1) is 0 Å². The van der Waals surface area contributed by atoms with E-state index in [0.717, 1.165) is 0 Å². The number of carboxylic acids is 1. The highest BCUT2D eigenvalue weighted by Gasteiger charge is 2.17.